The maximum Gasteiger partial charge on any atom is 0.115 e. The van der Waals surface area contributed by atoms with Crippen LogP contribution in [0.5, 0.6) is 5.75 Å². The molecule has 4 heteroatoms. The molecule has 4 rings (SSSR count). The van der Waals surface area contributed by atoms with E-state index in [0.717, 1.165) is 32.2 Å². The zero-order valence-corrected chi connectivity index (χ0v) is 18.5. The fourth-order valence-corrected chi connectivity index (χ4v) is 5.40. The van der Waals surface area contributed by atoms with Gasteiger partial charge in [-0.3, -0.25) is 4.90 Å². The summed E-state index contributed by atoms with van der Waals surface area (Å²) in [6.07, 6.45) is 15.0. The molecule has 3 aliphatic rings. The first kappa shape index (κ1) is 22.6. The Labute approximate surface area is 178 Å². The third-order valence-electron chi connectivity index (χ3n) is 7.24. The van der Waals surface area contributed by atoms with Gasteiger partial charge in [0.15, 0.2) is 0 Å². The van der Waals surface area contributed by atoms with Crippen molar-refractivity contribution < 1.29 is 9.84 Å². The standard InChI is InChI=1S/C21H33NO.C4H9NO/c1-22(16-13-18-9-4-2-5-10-18)21(14-6-3-7-15-21)19-11-8-12-20(23)17-19;1-3-6-4-2-5-1/h8,11-12,17-18,23H,2-7,9-10,13-16H2,1H3;5H,1-4H2. The lowest BCUT2D eigenvalue weighted by atomic mass is 9.75. The van der Waals surface area contributed by atoms with Gasteiger partial charge in [-0.15, -0.1) is 0 Å². The molecule has 0 bridgehead atoms. The van der Waals surface area contributed by atoms with Gasteiger partial charge in [0.1, 0.15) is 5.75 Å². The molecule has 0 radical (unpaired) electrons. The number of nitrogens with one attached hydrogen (secondary N) is 1. The Hall–Kier alpha value is -1.10. The van der Waals surface area contributed by atoms with Gasteiger partial charge in [-0.1, -0.05) is 63.5 Å². The monoisotopic (exact) mass is 402 g/mol. The van der Waals surface area contributed by atoms with Gasteiger partial charge in [0, 0.05) is 18.6 Å². The van der Waals surface area contributed by atoms with Crippen LogP contribution in [0.2, 0.25) is 0 Å². The predicted octanol–water partition coefficient (Wildman–Crippen LogP) is 5.06. The Balaban J connectivity index is 0.000000343. The second kappa shape index (κ2) is 11.9. The van der Waals surface area contributed by atoms with Crippen LogP contribution < -0.4 is 5.32 Å². The number of morpholine rings is 1. The van der Waals surface area contributed by atoms with E-state index in [1.54, 1.807) is 6.07 Å². The first-order chi connectivity index (χ1) is 14.2. The number of hydrogen-bond donors (Lipinski definition) is 2. The fourth-order valence-electron chi connectivity index (χ4n) is 5.40. The van der Waals surface area contributed by atoms with Crippen LogP contribution in [0.1, 0.15) is 76.2 Å². The van der Waals surface area contributed by atoms with E-state index >= 15 is 0 Å². The number of hydrogen-bond acceptors (Lipinski definition) is 4. The van der Waals surface area contributed by atoms with Gasteiger partial charge < -0.3 is 15.2 Å². The minimum absolute atomic E-state index is 0.145. The Morgan fingerprint density at radius 2 is 1.72 bits per heavy atom. The van der Waals surface area contributed by atoms with E-state index in [0.29, 0.717) is 5.75 Å². The largest absolute Gasteiger partial charge is 0.508 e. The summed E-state index contributed by atoms with van der Waals surface area (Å²) < 4.78 is 5.01. The van der Waals surface area contributed by atoms with Crippen LogP contribution in [0.25, 0.3) is 0 Å². The topological polar surface area (TPSA) is 44.7 Å². The minimum Gasteiger partial charge on any atom is -0.508 e. The van der Waals surface area contributed by atoms with E-state index in [4.69, 9.17) is 4.74 Å². The maximum atomic E-state index is 9.96. The molecule has 0 unspecified atom stereocenters. The van der Waals surface area contributed by atoms with Gasteiger partial charge in [-0.25, -0.2) is 0 Å². The number of ether oxygens (including phenoxy) is 1. The molecule has 0 aromatic heterocycles. The smallest absolute Gasteiger partial charge is 0.115 e. The summed E-state index contributed by atoms with van der Waals surface area (Å²) in [4.78, 5) is 2.62. The number of rotatable bonds is 5. The summed E-state index contributed by atoms with van der Waals surface area (Å²) >= 11 is 0. The van der Waals surface area contributed by atoms with Gasteiger partial charge >= 0.3 is 0 Å². The molecule has 1 aromatic rings. The van der Waals surface area contributed by atoms with Crippen molar-refractivity contribution in [2.45, 2.75) is 76.2 Å². The first-order valence-electron chi connectivity index (χ1n) is 12.0. The highest BCUT2D eigenvalue weighted by molar-refractivity contribution is 5.33. The third-order valence-corrected chi connectivity index (χ3v) is 7.24. The van der Waals surface area contributed by atoms with Crippen LogP contribution in [0.15, 0.2) is 24.3 Å². The van der Waals surface area contributed by atoms with Crippen LogP contribution in [0, 0.1) is 5.92 Å². The lowest BCUT2D eigenvalue weighted by Crippen LogP contribution is -2.46. The molecule has 0 spiro atoms. The summed E-state index contributed by atoms with van der Waals surface area (Å²) in [5.74, 6) is 1.35. The fraction of sp³-hybridized carbons (Fsp3) is 0.760. The molecule has 2 N–H and O–H groups in total. The molecule has 4 nitrogen and oxygen atoms in total. The zero-order valence-electron chi connectivity index (χ0n) is 18.5. The second-order valence-corrected chi connectivity index (χ2v) is 9.22. The molecule has 1 heterocycles. The van der Waals surface area contributed by atoms with Crippen molar-refractivity contribution in [3.05, 3.63) is 29.8 Å². The lowest BCUT2D eigenvalue weighted by Gasteiger charge is -2.46. The van der Waals surface area contributed by atoms with E-state index < -0.39 is 0 Å². The van der Waals surface area contributed by atoms with Crippen LogP contribution in [-0.2, 0) is 10.3 Å². The highest BCUT2D eigenvalue weighted by Crippen LogP contribution is 2.43. The van der Waals surface area contributed by atoms with Gasteiger partial charge in [-0.05, 0) is 56.5 Å². The molecule has 0 atom stereocenters. The van der Waals surface area contributed by atoms with Crippen LogP contribution >= 0.6 is 0 Å². The minimum atomic E-state index is 0.145. The van der Waals surface area contributed by atoms with Crippen molar-refractivity contribution in [3.63, 3.8) is 0 Å². The number of nitrogens with zero attached hydrogens (tertiary/aromatic N) is 1. The van der Waals surface area contributed by atoms with Crippen molar-refractivity contribution >= 4 is 0 Å². The van der Waals surface area contributed by atoms with Gasteiger partial charge in [0.2, 0.25) is 0 Å². The molecule has 2 aliphatic carbocycles. The van der Waals surface area contributed by atoms with Crippen molar-refractivity contribution in [3.8, 4) is 5.75 Å². The van der Waals surface area contributed by atoms with Crippen molar-refractivity contribution in [1.82, 2.24) is 10.2 Å². The molecule has 0 amide bonds. The van der Waals surface area contributed by atoms with Crippen molar-refractivity contribution in [1.29, 1.82) is 0 Å². The molecule has 29 heavy (non-hydrogen) atoms. The predicted molar refractivity (Wildman–Crippen MR) is 120 cm³/mol. The molecule has 164 valence electrons. The number of aromatic hydroxyl groups is 1. The Morgan fingerprint density at radius 1 is 1.03 bits per heavy atom. The number of benzene rings is 1. The SMILES string of the molecule is C1COCCN1.CN(CCC1CCCCC1)C1(c2cccc(O)c2)CCCCC1. The van der Waals surface area contributed by atoms with Crippen molar-refractivity contribution in [2.24, 2.45) is 5.92 Å². The molecule has 1 aromatic carbocycles. The first-order valence-corrected chi connectivity index (χ1v) is 12.0. The van der Waals surface area contributed by atoms with E-state index in [1.165, 1.54) is 82.7 Å². The van der Waals surface area contributed by atoms with E-state index in [9.17, 15) is 5.11 Å². The third kappa shape index (κ3) is 6.70. The van der Waals surface area contributed by atoms with Gasteiger partial charge in [-0.2, -0.15) is 0 Å². The maximum absolute atomic E-state index is 9.96. The molecular formula is C25H42N2O2. The molecular weight excluding hydrogens is 360 g/mol. The van der Waals surface area contributed by atoms with E-state index in [-0.39, 0.29) is 5.54 Å². The van der Waals surface area contributed by atoms with E-state index in [2.05, 4.69) is 23.3 Å². The average molecular weight is 403 g/mol. The van der Waals surface area contributed by atoms with Crippen molar-refractivity contribution in [2.75, 3.05) is 39.9 Å². The summed E-state index contributed by atoms with van der Waals surface area (Å²) in [6, 6.07) is 8.03. The summed E-state index contributed by atoms with van der Waals surface area (Å²) in [7, 11) is 2.32. The van der Waals surface area contributed by atoms with Crippen LogP contribution in [-0.4, -0.2) is 49.9 Å². The highest BCUT2D eigenvalue weighted by Gasteiger charge is 2.37. The molecule has 1 saturated heterocycles. The summed E-state index contributed by atoms with van der Waals surface area (Å²) in [5, 5.41) is 13.1. The molecule has 2 saturated carbocycles. The van der Waals surface area contributed by atoms with E-state index in [1.807, 2.05) is 12.1 Å². The second-order valence-electron chi connectivity index (χ2n) is 9.22. The zero-order chi connectivity index (χ0) is 20.4. The summed E-state index contributed by atoms with van der Waals surface area (Å²) in [5.41, 5.74) is 1.47. The summed E-state index contributed by atoms with van der Waals surface area (Å²) in [6.45, 7) is 5.03. The Bertz CT molecular complexity index is 564. The van der Waals surface area contributed by atoms with Crippen LogP contribution in [0.3, 0.4) is 0 Å². The highest BCUT2D eigenvalue weighted by atomic mass is 16.5. The number of phenolic OH excluding ortho intramolecular Hbond substituents is 1. The number of phenols is 1. The van der Waals surface area contributed by atoms with Crippen LogP contribution in [0.4, 0.5) is 0 Å². The Kier molecular flexibility index (Phi) is 9.29. The molecule has 1 aliphatic heterocycles. The Morgan fingerprint density at radius 3 is 2.31 bits per heavy atom. The normalized spacial score (nSPS) is 22.7. The average Bonchev–Trinajstić information content (AvgIpc) is 2.80. The lowest BCUT2D eigenvalue weighted by molar-refractivity contribution is 0.0647. The van der Waals surface area contributed by atoms with Gasteiger partial charge in [0.05, 0.1) is 13.2 Å². The van der Waals surface area contributed by atoms with Gasteiger partial charge in [0.25, 0.3) is 0 Å². The quantitative estimate of drug-likeness (QED) is 0.722. The molecule has 3 fully saturated rings.